The van der Waals surface area contributed by atoms with Crippen molar-refractivity contribution < 1.29 is 37.3 Å². The van der Waals surface area contributed by atoms with Crippen LogP contribution in [0.1, 0.15) is 162 Å². The van der Waals surface area contributed by atoms with Crippen molar-refractivity contribution in [1.82, 2.24) is 0 Å². The molecule has 53 heavy (non-hydrogen) atoms. The molecule has 0 saturated carbocycles. The van der Waals surface area contributed by atoms with Gasteiger partial charge in [-0.1, -0.05) is 146 Å². The molecule has 0 rings (SSSR count). The largest absolute Gasteiger partial charge is 0.498 e. The first-order valence-electron chi connectivity index (χ1n) is 21.1. The molecule has 0 aromatic heterocycles. The van der Waals surface area contributed by atoms with Crippen LogP contribution in [0, 0.1) is 0 Å². The van der Waals surface area contributed by atoms with Crippen LogP contribution in [0.2, 0.25) is 0 Å². The molecule has 0 amide bonds. The zero-order chi connectivity index (χ0) is 39.1. The van der Waals surface area contributed by atoms with Gasteiger partial charge < -0.3 is 18.9 Å². The predicted octanol–water partition coefficient (Wildman–Crippen LogP) is 12.5. The number of phosphoric ester groups is 1. The van der Waals surface area contributed by atoms with E-state index >= 15 is 0 Å². The summed E-state index contributed by atoms with van der Waals surface area (Å²) in [5.41, 5.74) is 0. The summed E-state index contributed by atoms with van der Waals surface area (Å²) < 4.78 is 34.7. The van der Waals surface area contributed by atoms with Crippen LogP contribution in [0.5, 0.6) is 0 Å². The fourth-order valence-corrected chi connectivity index (χ4v) is 6.13. The second-order valence-corrected chi connectivity index (χ2v) is 16.5. The van der Waals surface area contributed by atoms with Gasteiger partial charge in [0.1, 0.15) is 19.8 Å². The van der Waals surface area contributed by atoms with Crippen molar-refractivity contribution in [1.29, 1.82) is 0 Å². The van der Waals surface area contributed by atoms with Crippen LogP contribution in [0.3, 0.4) is 0 Å². The van der Waals surface area contributed by atoms with Crippen LogP contribution in [0.4, 0.5) is 0 Å². The zero-order valence-electron chi connectivity index (χ0n) is 34.7. The molecule has 1 N–H and O–H groups in total. The molecule has 0 fully saturated rings. The van der Waals surface area contributed by atoms with E-state index in [9.17, 15) is 14.3 Å². The molecule has 0 radical (unpaired) electrons. The van der Waals surface area contributed by atoms with Crippen LogP contribution in [0.25, 0.3) is 0 Å². The molecule has 0 bridgehead atoms. The molecule has 0 spiro atoms. The van der Waals surface area contributed by atoms with Gasteiger partial charge in [-0.25, -0.2) is 4.57 Å². The van der Waals surface area contributed by atoms with Crippen molar-refractivity contribution in [3.63, 3.8) is 0 Å². The number of likely N-dealkylation sites (N-methyl/N-ethyl adjacent to an activating group) is 1. The lowest BCUT2D eigenvalue weighted by Gasteiger charge is -2.24. The number of carbonyl (C=O) groups is 1. The smallest absolute Gasteiger partial charge is 0.472 e. The first-order chi connectivity index (χ1) is 25.6. The summed E-state index contributed by atoms with van der Waals surface area (Å²) in [5, 5.41) is 0. The summed E-state index contributed by atoms with van der Waals surface area (Å²) in [6, 6.07) is 0. The van der Waals surface area contributed by atoms with Crippen LogP contribution >= 0.6 is 7.82 Å². The van der Waals surface area contributed by atoms with Gasteiger partial charge in [0, 0.05) is 6.42 Å². The first kappa shape index (κ1) is 51.0. The Kier molecular flexibility index (Phi) is 35.6. The highest BCUT2D eigenvalue weighted by atomic mass is 31.2. The van der Waals surface area contributed by atoms with Gasteiger partial charge in [-0.2, -0.15) is 0 Å². The van der Waals surface area contributed by atoms with E-state index in [1.807, 2.05) is 27.2 Å². The number of hydrogen-bond acceptors (Lipinski definition) is 6. The van der Waals surface area contributed by atoms with E-state index in [1.54, 1.807) is 6.26 Å². The number of carbonyl (C=O) groups excluding carboxylic acids is 1. The fourth-order valence-electron chi connectivity index (χ4n) is 5.39. The maximum atomic E-state index is 12.7. The number of rotatable bonds is 38. The van der Waals surface area contributed by atoms with E-state index in [4.69, 9.17) is 18.5 Å². The Morgan fingerprint density at radius 3 is 1.66 bits per heavy atom. The lowest BCUT2D eigenvalue weighted by Crippen LogP contribution is -2.37. The Balaban J connectivity index is 4.37. The molecular weight excluding hydrogens is 685 g/mol. The zero-order valence-corrected chi connectivity index (χ0v) is 35.6. The highest BCUT2D eigenvalue weighted by Crippen LogP contribution is 2.43. The monoisotopic (exact) mass is 767 g/mol. The third kappa shape index (κ3) is 41.1. The summed E-state index contributed by atoms with van der Waals surface area (Å²) in [4.78, 5) is 22.8. The highest BCUT2D eigenvalue weighted by Gasteiger charge is 2.26. The fraction of sp³-hybridized carbons (Fsp3) is 0.750. The summed E-state index contributed by atoms with van der Waals surface area (Å²) in [5.74, 6) is -0.361. The van der Waals surface area contributed by atoms with Crippen molar-refractivity contribution in [2.75, 3.05) is 47.5 Å². The number of ether oxygens (including phenoxy) is 2. The molecule has 0 aliphatic carbocycles. The average molecular weight is 767 g/mol. The minimum absolute atomic E-state index is 0.0361. The predicted molar refractivity (Wildman–Crippen MR) is 224 cm³/mol. The van der Waals surface area contributed by atoms with Gasteiger partial charge in [0.05, 0.1) is 34.0 Å². The second kappa shape index (κ2) is 37.0. The van der Waals surface area contributed by atoms with Crippen LogP contribution in [0.15, 0.2) is 60.9 Å². The number of allylic oxidation sites excluding steroid dienone is 9. The van der Waals surface area contributed by atoms with Gasteiger partial charge in [0.2, 0.25) is 0 Å². The van der Waals surface area contributed by atoms with E-state index in [2.05, 4.69) is 62.5 Å². The number of unbranched alkanes of at least 4 members (excludes halogenated alkanes) is 16. The molecule has 0 saturated heterocycles. The van der Waals surface area contributed by atoms with Gasteiger partial charge in [-0.3, -0.25) is 13.8 Å². The average Bonchev–Trinajstić information content (AvgIpc) is 3.11. The lowest BCUT2D eigenvalue weighted by atomic mass is 10.0. The van der Waals surface area contributed by atoms with Crippen LogP contribution in [-0.4, -0.2) is 69.0 Å². The van der Waals surface area contributed by atoms with Crippen molar-refractivity contribution in [3.05, 3.63) is 60.9 Å². The Morgan fingerprint density at radius 1 is 0.623 bits per heavy atom. The van der Waals surface area contributed by atoms with E-state index in [0.29, 0.717) is 11.0 Å². The number of phosphoric acid groups is 1. The lowest BCUT2D eigenvalue weighted by molar-refractivity contribution is -0.870. The molecule has 1 unspecified atom stereocenters. The Hall–Kier alpha value is -1.96. The SMILES string of the molecule is CC/C=C\C/C=C\C/C=C\C/C=C\CCCCCCC(=O)O[C@H](CO/C=C\CCCCCCCCCCCCCC)COP(=O)(O)OCC[N+](C)(C)C. The van der Waals surface area contributed by atoms with E-state index in [-0.39, 0.29) is 32.2 Å². The van der Waals surface area contributed by atoms with Gasteiger partial charge in [-0.15, -0.1) is 0 Å². The van der Waals surface area contributed by atoms with E-state index < -0.39 is 13.9 Å². The van der Waals surface area contributed by atoms with Crippen molar-refractivity contribution in [2.45, 2.75) is 168 Å². The summed E-state index contributed by atoms with van der Waals surface area (Å²) >= 11 is 0. The van der Waals surface area contributed by atoms with Crippen molar-refractivity contribution in [2.24, 2.45) is 0 Å². The second-order valence-electron chi connectivity index (χ2n) is 15.1. The third-order valence-electron chi connectivity index (χ3n) is 8.66. The Morgan fingerprint density at radius 2 is 1.11 bits per heavy atom. The molecule has 2 atom stereocenters. The molecule has 0 aliphatic rings. The molecule has 0 aliphatic heterocycles. The maximum absolute atomic E-state index is 12.7. The molecule has 308 valence electrons. The number of nitrogens with zero attached hydrogens (tertiary/aromatic N) is 1. The molecular formula is C44H81NO7P+. The number of esters is 1. The van der Waals surface area contributed by atoms with Crippen LogP contribution in [-0.2, 0) is 27.9 Å². The minimum atomic E-state index is -4.30. The van der Waals surface area contributed by atoms with Crippen LogP contribution < -0.4 is 0 Å². The first-order valence-corrected chi connectivity index (χ1v) is 22.6. The van der Waals surface area contributed by atoms with E-state index in [0.717, 1.165) is 70.6 Å². The molecule has 9 heteroatoms. The minimum Gasteiger partial charge on any atom is -0.498 e. The molecule has 0 aromatic rings. The molecule has 0 aromatic carbocycles. The van der Waals surface area contributed by atoms with Gasteiger partial charge in [0.15, 0.2) is 6.10 Å². The summed E-state index contributed by atoms with van der Waals surface area (Å²) in [6.45, 7) is 4.78. The van der Waals surface area contributed by atoms with Crippen molar-refractivity contribution in [3.8, 4) is 0 Å². The topological polar surface area (TPSA) is 91.3 Å². The van der Waals surface area contributed by atoms with Gasteiger partial charge in [0.25, 0.3) is 0 Å². The van der Waals surface area contributed by atoms with Gasteiger partial charge >= 0.3 is 13.8 Å². The quantitative estimate of drug-likeness (QED) is 0.0167. The van der Waals surface area contributed by atoms with E-state index in [1.165, 1.54) is 70.6 Å². The Bertz CT molecular complexity index is 1030. The Labute approximate surface area is 326 Å². The van der Waals surface area contributed by atoms with Gasteiger partial charge in [-0.05, 0) is 63.9 Å². The molecule has 8 nitrogen and oxygen atoms in total. The standard InChI is InChI=1S/C44H80NO7P/c1-6-8-10-12-14-16-18-20-22-23-24-25-27-29-31-33-35-37-44(46)52-43(42-51-53(47,48)50-40-38-45(3,4)5)41-49-39-36-34-32-30-28-26-21-19-17-15-13-11-9-7-2/h8,10,14,16,20,22,24-25,36,39,43H,6-7,9,11-13,15,17-19,21,23,26-35,37-38,40-42H2,1-5H3/p+1/b10-8-,16-14-,22-20-,25-24-,39-36-/t43-/m1/s1. The normalized spacial score (nSPS) is 14.4. The molecule has 0 heterocycles. The summed E-state index contributed by atoms with van der Waals surface area (Å²) in [6.07, 6.45) is 46.3. The summed E-state index contributed by atoms with van der Waals surface area (Å²) in [7, 11) is 1.61. The third-order valence-corrected chi connectivity index (χ3v) is 9.64. The highest BCUT2D eigenvalue weighted by molar-refractivity contribution is 7.47. The van der Waals surface area contributed by atoms with Crippen molar-refractivity contribution >= 4 is 13.8 Å². The number of quaternary nitrogens is 1. The number of hydrogen-bond donors (Lipinski definition) is 1. The maximum Gasteiger partial charge on any atom is 0.472 e.